The van der Waals surface area contributed by atoms with Crippen LogP contribution in [-0.2, 0) is 12.0 Å². The molecule has 0 saturated carbocycles. The van der Waals surface area contributed by atoms with Crippen molar-refractivity contribution in [2.75, 3.05) is 7.11 Å². The van der Waals surface area contributed by atoms with E-state index >= 15 is 0 Å². The number of hydrogen-bond donors (Lipinski definition) is 1. The van der Waals surface area contributed by atoms with Crippen molar-refractivity contribution in [2.24, 2.45) is 0 Å². The standard InChI is InChI=1S/C17H26O2Si/c1-17(2,3)16-14(10-11-20(5,6)7)13(12-18)8-9-15(16)19-4/h8-9,18H,12H2,1-7H3. The van der Waals surface area contributed by atoms with Crippen molar-refractivity contribution < 1.29 is 9.84 Å². The second-order valence-corrected chi connectivity index (χ2v) is 11.8. The van der Waals surface area contributed by atoms with Gasteiger partial charge in [0.05, 0.1) is 13.7 Å². The summed E-state index contributed by atoms with van der Waals surface area (Å²) in [5.41, 5.74) is 6.20. The minimum absolute atomic E-state index is 0.00276. The number of ether oxygens (including phenoxy) is 1. The van der Waals surface area contributed by atoms with Crippen LogP contribution < -0.4 is 4.74 Å². The highest BCUT2D eigenvalue weighted by Crippen LogP contribution is 2.35. The van der Waals surface area contributed by atoms with Gasteiger partial charge < -0.3 is 9.84 Å². The van der Waals surface area contributed by atoms with E-state index in [1.54, 1.807) is 7.11 Å². The van der Waals surface area contributed by atoms with E-state index in [4.69, 9.17) is 4.74 Å². The van der Waals surface area contributed by atoms with Gasteiger partial charge in [-0.05, 0) is 17.0 Å². The highest BCUT2D eigenvalue weighted by Gasteiger charge is 2.24. The van der Waals surface area contributed by atoms with Gasteiger partial charge in [0.15, 0.2) is 0 Å². The second kappa shape index (κ2) is 6.03. The van der Waals surface area contributed by atoms with Crippen LogP contribution in [-0.4, -0.2) is 20.3 Å². The van der Waals surface area contributed by atoms with Crippen LogP contribution in [0.5, 0.6) is 5.75 Å². The predicted molar refractivity (Wildman–Crippen MR) is 87.8 cm³/mol. The lowest BCUT2D eigenvalue weighted by Crippen LogP contribution is -2.19. The molecule has 110 valence electrons. The smallest absolute Gasteiger partial charge is 0.129 e. The first kappa shape index (κ1) is 16.8. The number of rotatable bonds is 2. The first-order chi connectivity index (χ1) is 9.10. The fraction of sp³-hybridized carbons (Fsp3) is 0.529. The van der Waals surface area contributed by atoms with E-state index in [1.165, 1.54) is 0 Å². The molecule has 0 saturated heterocycles. The summed E-state index contributed by atoms with van der Waals surface area (Å²) in [4.78, 5) is 0. The fourth-order valence-electron chi connectivity index (χ4n) is 2.07. The third-order valence-electron chi connectivity index (χ3n) is 2.96. The Morgan fingerprint density at radius 3 is 2.20 bits per heavy atom. The van der Waals surface area contributed by atoms with E-state index in [1.807, 2.05) is 12.1 Å². The molecule has 0 amide bonds. The number of benzene rings is 1. The summed E-state index contributed by atoms with van der Waals surface area (Å²) in [6, 6.07) is 3.83. The van der Waals surface area contributed by atoms with Crippen molar-refractivity contribution in [3.63, 3.8) is 0 Å². The quantitative estimate of drug-likeness (QED) is 0.664. The Morgan fingerprint density at radius 1 is 1.20 bits per heavy atom. The van der Waals surface area contributed by atoms with E-state index in [9.17, 15) is 5.11 Å². The summed E-state index contributed by atoms with van der Waals surface area (Å²) >= 11 is 0. The molecular weight excluding hydrogens is 264 g/mol. The molecule has 0 spiro atoms. The molecule has 0 aliphatic rings. The van der Waals surface area contributed by atoms with Crippen LogP contribution in [0.25, 0.3) is 0 Å². The number of aliphatic hydroxyl groups excluding tert-OH is 1. The zero-order valence-electron chi connectivity index (χ0n) is 13.7. The van der Waals surface area contributed by atoms with E-state index < -0.39 is 8.07 Å². The van der Waals surface area contributed by atoms with E-state index in [2.05, 4.69) is 51.9 Å². The normalized spacial score (nSPS) is 11.8. The molecule has 1 rings (SSSR count). The molecule has 0 heterocycles. The Hall–Kier alpha value is -1.24. The van der Waals surface area contributed by atoms with Crippen molar-refractivity contribution in [1.82, 2.24) is 0 Å². The SMILES string of the molecule is COc1ccc(CO)c(C#C[Si](C)(C)C)c1C(C)(C)C. The minimum Gasteiger partial charge on any atom is -0.496 e. The zero-order chi connectivity index (χ0) is 15.6. The van der Waals surface area contributed by atoms with Crippen LogP contribution in [0.4, 0.5) is 0 Å². The number of methoxy groups -OCH3 is 1. The van der Waals surface area contributed by atoms with Gasteiger partial charge in [0, 0.05) is 11.1 Å². The van der Waals surface area contributed by atoms with Gasteiger partial charge in [0.1, 0.15) is 13.8 Å². The molecule has 3 heteroatoms. The Bertz CT molecular complexity index is 537. The molecule has 1 aromatic carbocycles. The van der Waals surface area contributed by atoms with Crippen LogP contribution in [0.1, 0.15) is 37.5 Å². The van der Waals surface area contributed by atoms with Gasteiger partial charge in [-0.2, -0.15) is 0 Å². The van der Waals surface area contributed by atoms with Crippen LogP contribution in [0.2, 0.25) is 19.6 Å². The Balaban J connectivity index is 3.63. The topological polar surface area (TPSA) is 29.5 Å². The first-order valence-electron chi connectivity index (χ1n) is 6.94. The Morgan fingerprint density at radius 2 is 1.80 bits per heavy atom. The summed E-state index contributed by atoms with van der Waals surface area (Å²) < 4.78 is 5.51. The predicted octanol–water partition coefficient (Wildman–Crippen LogP) is 3.71. The van der Waals surface area contributed by atoms with Crippen molar-refractivity contribution >= 4 is 8.07 Å². The summed E-state index contributed by atoms with van der Waals surface area (Å²) in [5, 5.41) is 9.60. The third kappa shape index (κ3) is 4.13. The minimum atomic E-state index is -1.47. The molecule has 1 aromatic rings. The van der Waals surface area contributed by atoms with Crippen molar-refractivity contribution in [2.45, 2.75) is 52.4 Å². The van der Waals surface area contributed by atoms with Gasteiger partial charge in [0.25, 0.3) is 0 Å². The lowest BCUT2D eigenvalue weighted by Gasteiger charge is -2.25. The largest absolute Gasteiger partial charge is 0.496 e. The van der Waals surface area contributed by atoms with Crippen molar-refractivity contribution in [3.8, 4) is 17.2 Å². The number of aliphatic hydroxyl groups is 1. The maximum absolute atomic E-state index is 9.60. The molecule has 0 unspecified atom stereocenters. The van der Waals surface area contributed by atoms with E-state index in [0.29, 0.717) is 0 Å². The molecule has 0 fully saturated rings. The first-order valence-corrected chi connectivity index (χ1v) is 10.4. The van der Waals surface area contributed by atoms with Crippen LogP contribution in [0.3, 0.4) is 0 Å². The zero-order valence-corrected chi connectivity index (χ0v) is 14.7. The molecule has 0 aliphatic carbocycles. The highest BCUT2D eigenvalue weighted by atomic mass is 28.3. The summed E-state index contributed by atoms with van der Waals surface area (Å²) in [6.45, 7) is 13.1. The second-order valence-electron chi connectivity index (χ2n) is 7.09. The van der Waals surface area contributed by atoms with Gasteiger partial charge in [0.2, 0.25) is 0 Å². The van der Waals surface area contributed by atoms with Crippen LogP contribution in [0, 0.1) is 11.5 Å². The number of hydrogen-bond acceptors (Lipinski definition) is 2. The Kier molecular flexibility index (Phi) is 5.07. The molecule has 0 radical (unpaired) electrons. The third-order valence-corrected chi connectivity index (χ3v) is 3.83. The van der Waals surface area contributed by atoms with Gasteiger partial charge in [-0.25, -0.2) is 0 Å². The lowest BCUT2D eigenvalue weighted by atomic mass is 9.81. The van der Waals surface area contributed by atoms with Crippen molar-refractivity contribution in [1.29, 1.82) is 0 Å². The summed E-state index contributed by atoms with van der Waals surface area (Å²) in [7, 11) is 0.211. The van der Waals surface area contributed by atoms with Crippen LogP contribution in [0.15, 0.2) is 12.1 Å². The van der Waals surface area contributed by atoms with E-state index in [0.717, 1.165) is 22.4 Å². The maximum Gasteiger partial charge on any atom is 0.129 e. The van der Waals surface area contributed by atoms with Gasteiger partial charge in [-0.3, -0.25) is 0 Å². The molecule has 0 aromatic heterocycles. The molecule has 1 N–H and O–H groups in total. The summed E-state index contributed by atoms with van der Waals surface area (Å²) in [5.74, 6) is 4.17. The molecule has 20 heavy (non-hydrogen) atoms. The average Bonchev–Trinajstić information content (AvgIpc) is 2.32. The molecule has 0 aliphatic heterocycles. The summed E-state index contributed by atoms with van der Waals surface area (Å²) in [6.07, 6.45) is 0. The molecule has 0 bridgehead atoms. The van der Waals surface area contributed by atoms with Crippen LogP contribution >= 0.6 is 0 Å². The van der Waals surface area contributed by atoms with Gasteiger partial charge in [-0.15, -0.1) is 5.54 Å². The average molecular weight is 290 g/mol. The Labute approximate surface area is 124 Å². The maximum atomic E-state index is 9.60. The highest BCUT2D eigenvalue weighted by molar-refractivity contribution is 6.83. The van der Waals surface area contributed by atoms with Gasteiger partial charge >= 0.3 is 0 Å². The molecular formula is C17H26O2Si. The fourth-order valence-corrected chi connectivity index (χ4v) is 2.57. The molecule has 2 nitrogen and oxygen atoms in total. The van der Waals surface area contributed by atoms with E-state index in [-0.39, 0.29) is 12.0 Å². The monoisotopic (exact) mass is 290 g/mol. The van der Waals surface area contributed by atoms with Gasteiger partial charge in [-0.1, -0.05) is 52.4 Å². The molecule has 0 atom stereocenters. The van der Waals surface area contributed by atoms with Crippen molar-refractivity contribution in [3.05, 3.63) is 28.8 Å². The lowest BCUT2D eigenvalue weighted by molar-refractivity contribution is 0.281.